The number of carbonyl (C=O) groups is 2. The maximum absolute atomic E-state index is 13.1. The van der Waals surface area contributed by atoms with Crippen molar-refractivity contribution in [3.63, 3.8) is 0 Å². The van der Waals surface area contributed by atoms with E-state index in [1.165, 1.54) is 0 Å². The van der Waals surface area contributed by atoms with Crippen LogP contribution >= 0.6 is 0 Å². The topological polar surface area (TPSA) is 63.6 Å². The van der Waals surface area contributed by atoms with Crippen LogP contribution in [0.2, 0.25) is 0 Å². The number of ketones is 1. The Kier molecular flexibility index (Phi) is 5.71. The van der Waals surface area contributed by atoms with E-state index in [1.54, 1.807) is 13.8 Å². The van der Waals surface area contributed by atoms with Gasteiger partial charge in [0.25, 0.3) is 0 Å². The Morgan fingerprint density at radius 2 is 1.80 bits per heavy atom. The molecule has 0 saturated carbocycles. The molecule has 4 nitrogen and oxygen atoms in total. The quantitative estimate of drug-likeness (QED) is 0.585. The van der Waals surface area contributed by atoms with E-state index in [0.717, 1.165) is 18.4 Å². The molecule has 0 unspecified atom stereocenters. The minimum atomic E-state index is -1.41. The second-order valence-corrected chi connectivity index (χ2v) is 6.66. The molecule has 1 N–H and O–H groups in total. The summed E-state index contributed by atoms with van der Waals surface area (Å²) in [6.45, 7) is 7.60. The Balaban J connectivity index is 2.82. The van der Waals surface area contributed by atoms with E-state index < -0.39 is 22.6 Å². The minimum absolute atomic E-state index is 0.201. The van der Waals surface area contributed by atoms with Gasteiger partial charge in [-0.25, -0.2) is 0 Å². The number of allylic oxidation sites excluding steroid dienone is 2. The van der Waals surface area contributed by atoms with Crippen LogP contribution in [0.5, 0.6) is 0 Å². The van der Waals surface area contributed by atoms with Crippen molar-refractivity contribution in [3.8, 4) is 0 Å². The number of ether oxygens (including phenoxy) is 1. The van der Waals surface area contributed by atoms with Crippen LogP contribution in [0.25, 0.3) is 0 Å². The third-order valence-electron chi connectivity index (χ3n) is 5.65. The summed E-state index contributed by atoms with van der Waals surface area (Å²) in [5.74, 6) is -1.33. The molecule has 2 rings (SSSR count). The summed E-state index contributed by atoms with van der Waals surface area (Å²) >= 11 is 0. The molecule has 2 atom stereocenters. The number of benzene rings is 1. The van der Waals surface area contributed by atoms with Crippen molar-refractivity contribution in [2.45, 2.75) is 58.8 Å². The van der Waals surface area contributed by atoms with Crippen molar-refractivity contribution in [1.29, 1.82) is 0 Å². The van der Waals surface area contributed by atoms with Crippen molar-refractivity contribution < 1.29 is 19.4 Å². The molecule has 1 aromatic rings. The molecule has 0 amide bonds. The van der Waals surface area contributed by atoms with Crippen molar-refractivity contribution in [3.05, 3.63) is 47.2 Å². The number of Topliss-reactive ketones (excluding diaryl/α,β-unsaturated/α-hetero) is 1. The molecule has 0 spiro atoms. The lowest BCUT2D eigenvalue weighted by Crippen LogP contribution is -2.53. The summed E-state index contributed by atoms with van der Waals surface area (Å²) in [5, 5.41) is 10.6. The first-order valence-corrected chi connectivity index (χ1v) is 9.11. The van der Waals surface area contributed by atoms with Gasteiger partial charge in [-0.2, -0.15) is 0 Å². The molecule has 136 valence electrons. The predicted octanol–water partition coefficient (Wildman–Crippen LogP) is 4.49. The van der Waals surface area contributed by atoms with Crippen LogP contribution in [-0.4, -0.2) is 23.5 Å². The zero-order chi connectivity index (χ0) is 18.7. The Hall–Kier alpha value is -2.10. The molecular weight excluding hydrogens is 316 g/mol. The van der Waals surface area contributed by atoms with Gasteiger partial charge in [-0.3, -0.25) is 9.59 Å². The molecule has 0 bridgehead atoms. The first-order chi connectivity index (χ1) is 11.9. The van der Waals surface area contributed by atoms with E-state index in [9.17, 15) is 14.7 Å². The molecule has 0 heterocycles. The van der Waals surface area contributed by atoms with Gasteiger partial charge in [0.05, 0.1) is 6.61 Å². The van der Waals surface area contributed by atoms with Gasteiger partial charge < -0.3 is 9.84 Å². The SMILES string of the molecule is CCCC[C@]1(c2ccccc2)C(C)=C(O)C(=O)[C@@]1(CC)C(=O)OCC. The third-order valence-corrected chi connectivity index (χ3v) is 5.65. The van der Waals surface area contributed by atoms with Crippen LogP contribution in [0.3, 0.4) is 0 Å². The van der Waals surface area contributed by atoms with E-state index in [-0.39, 0.29) is 18.8 Å². The lowest BCUT2D eigenvalue weighted by molar-refractivity contribution is -0.163. The molecule has 0 radical (unpaired) electrons. The molecule has 4 heteroatoms. The number of rotatable bonds is 7. The van der Waals surface area contributed by atoms with Crippen molar-refractivity contribution in [1.82, 2.24) is 0 Å². The predicted molar refractivity (Wildman–Crippen MR) is 97.3 cm³/mol. The minimum Gasteiger partial charge on any atom is -0.504 e. The van der Waals surface area contributed by atoms with Gasteiger partial charge in [-0.05, 0) is 37.8 Å². The fraction of sp³-hybridized carbons (Fsp3) is 0.524. The van der Waals surface area contributed by atoms with Gasteiger partial charge >= 0.3 is 5.97 Å². The van der Waals surface area contributed by atoms with Crippen LogP contribution < -0.4 is 0 Å². The number of esters is 1. The highest BCUT2D eigenvalue weighted by Gasteiger charge is 2.67. The van der Waals surface area contributed by atoms with Crippen LogP contribution in [0, 0.1) is 5.41 Å². The summed E-state index contributed by atoms with van der Waals surface area (Å²) in [4.78, 5) is 26.2. The lowest BCUT2D eigenvalue weighted by atomic mass is 9.55. The summed E-state index contributed by atoms with van der Waals surface area (Å²) in [6.07, 6.45) is 2.67. The first kappa shape index (κ1) is 19.2. The monoisotopic (exact) mass is 344 g/mol. The standard InChI is InChI=1S/C21H28O4/c1-5-8-14-21(16-12-10-9-11-13-16)15(4)17(22)18(23)20(21,6-2)19(24)25-7-3/h9-13,22H,5-8,14H2,1-4H3/t20-,21+/m0/s1. The Morgan fingerprint density at radius 1 is 1.16 bits per heavy atom. The average molecular weight is 344 g/mol. The fourth-order valence-corrected chi connectivity index (χ4v) is 4.39. The normalized spacial score (nSPS) is 26.2. The molecular formula is C21H28O4. The maximum Gasteiger partial charge on any atom is 0.321 e. The maximum atomic E-state index is 13.1. The summed E-state index contributed by atoms with van der Waals surface area (Å²) in [5.41, 5.74) is -0.819. The van der Waals surface area contributed by atoms with Crippen molar-refractivity contribution in [2.75, 3.05) is 6.61 Å². The lowest BCUT2D eigenvalue weighted by Gasteiger charge is -2.44. The largest absolute Gasteiger partial charge is 0.504 e. The van der Waals surface area contributed by atoms with Crippen molar-refractivity contribution in [2.24, 2.45) is 5.41 Å². The summed E-state index contributed by atoms with van der Waals surface area (Å²) in [6, 6.07) is 9.59. The number of unbranched alkanes of at least 4 members (excludes halogenated alkanes) is 1. The van der Waals surface area contributed by atoms with Crippen LogP contribution in [-0.2, 0) is 19.7 Å². The van der Waals surface area contributed by atoms with Gasteiger partial charge in [-0.1, -0.05) is 57.0 Å². The highest BCUT2D eigenvalue weighted by atomic mass is 16.5. The molecule has 0 aromatic heterocycles. The molecule has 25 heavy (non-hydrogen) atoms. The van der Waals surface area contributed by atoms with Crippen molar-refractivity contribution >= 4 is 11.8 Å². The Bertz CT molecular complexity index is 676. The zero-order valence-electron chi connectivity index (χ0n) is 15.6. The zero-order valence-corrected chi connectivity index (χ0v) is 15.6. The average Bonchev–Trinajstić information content (AvgIpc) is 2.80. The molecule has 1 aromatic carbocycles. The van der Waals surface area contributed by atoms with Crippen LogP contribution in [0.4, 0.5) is 0 Å². The number of hydrogen-bond donors (Lipinski definition) is 1. The summed E-state index contributed by atoms with van der Waals surface area (Å²) in [7, 11) is 0. The van der Waals surface area contributed by atoms with Crippen LogP contribution in [0.1, 0.15) is 58.9 Å². The van der Waals surface area contributed by atoms with Gasteiger partial charge in [-0.15, -0.1) is 0 Å². The van der Waals surface area contributed by atoms with Gasteiger partial charge in [0.15, 0.2) is 5.76 Å². The fourth-order valence-electron chi connectivity index (χ4n) is 4.39. The molecule has 1 aliphatic rings. The van der Waals surface area contributed by atoms with E-state index in [4.69, 9.17) is 4.74 Å². The second kappa shape index (κ2) is 7.42. The Labute approximate surface area is 149 Å². The van der Waals surface area contributed by atoms with E-state index in [2.05, 4.69) is 6.92 Å². The molecule has 1 aliphatic carbocycles. The third kappa shape index (κ3) is 2.59. The highest BCUT2D eigenvalue weighted by molar-refractivity contribution is 6.16. The first-order valence-electron chi connectivity index (χ1n) is 9.11. The van der Waals surface area contributed by atoms with Crippen LogP contribution in [0.15, 0.2) is 41.7 Å². The highest BCUT2D eigenvalue weighted by Crippen LogP contribution is 2.59. The van der Waals surface area contributed by atoms with E-state index in [1.807, 2.05) is 37.3 Å². The summed E-state index contributed by atoms with van der Waals surface area (Å²) < 4.78 is 5.35. The number of aliphatic hydroxyl groups is 1. The molecule has 0 saturated heterocycles. The molecule has 0 aliphatic heterocycles. The van der Waals surface area contributed by atoms with E-state index >= 15 is 0 Å². The number of carbonyl (C=O) groups excluding carboxylic acids is 2. The second-order valence-electron chi connectivity index (χ2n) is 6.66. The van der Waals surface area contributed by atoms with E-state index in [0.29, 0.717) is 12.0 Å². The molecule has 0 fully saturated rings. The number of hydrogen-bond acceptors (Lipinski definition) is 4. The van der Waals surface area contributed by atoms with Gasteiger partial charge in [0, 0.05) is 5.41 Å². The Morgan fingerprint density at radius 3 is 2.32 bits per heavy atom. The number of aliphatic hydroxyl groups excluding tert-OH is 1. The van der Waals surface area contributed by atoms with Gasteiger partial charge in [0.2, 0.25) is 5.78 Å². The smallest absolute Gasteiger partial charge is 0.321 e. The van der Waals surface area contributed by atoms with Gasteiger partial charge in [0.1, 0.15) is 5.41 Å².